The second kappa shape index (κ2) is 7.68. The maximum absolute atomic E-state index is 3.72. The molecule has 0 heterocycles. The van der Waals surface area contributed by atoms with E-state index in [-0.39, 0.29) is 0 Å². The van der Waals surface area contributed by atoms with E-state index in [0.717, 1.165) is 17.2 Å². The van der Waals surface area contributed by atoms with Gasteiger partial charge in [-0.15, -0.1) is 0 Å². The monoisotopic (exact) mass is 255 g/mol. The minimum Gasteiger partial charge on any atom is -0.314 e. The molecular weight excluding hydrogens is 226 g/mol. The Morgan fingerprint density at radius 2 is 1.88 bits per heavy atom. The van der Waals surface area contributed by atoms with Crippen LogP contribution < -0.4 is 5.32 Å². The molecule has 2 aliphatic carbocycles. The summed E-state index contributed by atoms with van der Waals surface area (Å²) in [7, 11) is 0. The van der Waals surface area contributed by atoms with Gasteiger partial charge in [0, 0.05) is 11.3 Å². The highest BCUT2D eigenvalue weighted by Crippen LogP contribution is 2.34. The molecule has 2 heteroatoms. The van der Waals surface area contributed by atoms with Gasteiger partial charge in [-0.05, 0) is 56.7 Å². The summed E-state index contributed by atoms with van der Waals surface area (Å²) < 4.78 is 0. The summed E-state index contributed by atoms with van der Waals surface area (Å²) in [6, 6.07) is 0.824. The van der Waals surface area contributed by atoms with E-state index in [1.807, 2.05) is 0 Å². The summed E-state index contributed by atoms with van der Waals surface area (Å²) in [6.45, 7) is 3.48. The summed E-state index contributed by atoms with van der Waals surface area (Å²) >= 11 is 2.29. The Labute approximate surface area is 112 Å². The zero-order valence-electron chi connectivity index (χ0n) is 11.4. The van der Waals surface area contributed by atoms with Crippen molar-refractivity contribution in [2.45, 2.75) is 76.0 Å². The first-order chi connectivity index (χ1) is 8.38. The predicted octanol–water partition coefficient (Wildman–Crippen LogP) is 4.22. The molecule has 0 amide bonds. The highest BCUT2D eigenvalue weighted by molar-refractivity contribution is 7.99. The van der Waals surface area contributed by atoms with Crippen molar-refractivity contribution in [2.75, 3.05) is 12.3 Å². The van der Waals surface area contributed by atoms with Crippen LogP contribution >= 0.6 is 11.8 Å². The molecule has 0 spiro atoms. The summed E-state index contributed by atoms with van der Waals surface area (Å²) in [5.74, 6) is 2.51. The average Bonchev–Trinajstić information content (AvgIpc) is 2.87. The van der Waals surface area contributed by atoms with Crippen LogP contribution in [0.5, 0.6) is 0 Å². The van der Waals surface area contributed by atoms with Gasteiger partial charge in [0.25, 0.3) is 0 Å². The first kappa shape index (κ1) is 13.7. The third-order valence-electron chi connectivity index (χ3n) is 4.35. The topological polar surface area (TPSA) is 12.0 Å². The van der Waals surface area contributed by atoms with E-state index < -0.39 is 0 Å². The van der Waals surface area contributed by atoms with E-state index in [1.54, 1.807) is 0 Å². The lowest BCUT2D eigenvalue weighted by Gasteiger charge is -2.30. The van der Waals surface area contributed by atoms with Gasteiger partial charge >= 0.3 is 0 Å². The van der Waals surface area contributed by atoms with Gasteiger partial charge in [0.05, 0.1) is 0 Å². The molecule has 2 aliphatic rings. The van der Waals surface area contributed by atoms with Crippen molar-refractivity contribution in [1.29, 1.82) is 0 Å². The second-order valence-corrected chi connectivity index (χ2v) is 7.26. The molecular formula is C15H29NS. The van der Waals surface area contributed by atoms with Crippen molar-refractivity contribution < 1.29 is 0 Å². The Balaban J connectivity index is 1.62. The van der Waals surface area contributed by atoms with Crippen LogP contribution in [0.2, 0.25) is 0 Å². The van der Waals surface area contributed by atoms with Crippen molar-refractivity contribution >= 4 is 11.8 Å². The van der Waals surface area contributed by atoms with Crippen LogP contribution in [-0.2, 0) is 0 Å². The van der Waals surface area contributed by atoms with Crippen LogP contribution in [0.25, 0.3) is 0 Å². The highest BCUT2D eigenvalue weighted by atomic mass is 32.2. The number of thioether (sulfide) groups is 1. The lowest BCUT2D eigenvalue weighted by molar-refractivity contribution is 0.381. The lowest BCUT2D eigenvalue weighted by atomic mass is 9.95. The Kier molecular flexibility index (Phi) is 6.21. The number of rotatable bonds is 6. The fourth-order valence-electron chi connectivity index (χ4n) is 3.28. The zero-order valence-corrected chi connectivity index (χ0v) is 12.2. The van der Waals surface area contributed by atoms with Crippen LogP contribution in [0.1, 0.15) is 64.7 Å². The molecule has 2 saturated carbocycles. The van der Waals surface area contributed by atoms with Crippen molar-refractivity contribution in [3.63, 3.8) is 0 Å². The lowest BCUT2D eigenvalue weighted by Crippen LogP contribution is -2.35. The van der Waals surface area contributed by atoms with Crippen molar-refractivity contribution in [2.24, 2.45) is 5.92 Å². The van der Waals surface area contributed by atoms with Crippen LogP contribution in [-0.4, -0.2) is 23.6 Å². The molecule has 100 valence electrons. The molecule has 0 saturated heterocycles. The largest absolute Gasteiger partial charge is 0.314 e. The zero-order chi connectivity index (χ0) is 11.9. The quantitative estimate of drug-likeness (QED) is 0.762. The third kappa shape index (κ3) is 4.82. The molecule has 2 unspecified atom stereocenters. The number of hydrogen-bond donors (Lipinski definition) is 1. The number of nitrogens with one attached hydrogen (secondary N) is 1. The highest BCUT2D eigenvalue weighted by Gasteiger charge is 2.23. The van der Waals surface area contributed by atoms with E-state index in [0.29, 0.717) is 0 Å². The maximum Gasteiger partial charge on any atom is 0.00776 e. The van der Waals surface area contributed by atoms with Gasteiger partial charge < -0.3 is 5.32 Å². The Hall–Kier alpha value is 0.310. The van der Waals surface area contributed by atoms with Gasteiger partial charge in [-0.2, -0.15) is 11.8 Å². The van der Waals surface area contributed by atoms with Crippen LogP contribution in [0.4, 0.5) is 0 Å². The second-order valence-electron chi connectivity index (χ2n) is 5.92. The molecule has 0 aromatic heterocycles. The summed E-state index contributed by atoms with van der Waals surface area (Å²) in [4.78, 5) is 0. The minimum atomic E-state index is 0.824. The summed E-state index contributed by atoms with van der Waals surface area (Å²) in [5.41, 5.74) is 0. The molecule has 17 heavy (non-hydrogen) atoms. The molecule has 1 N–H and O–H groups in total. The van der Waals surface area contributed by atoms with E-state index in [9.17, 15) is 0 Å². The smallest absolute Gasteiger partial charge is 0.00776 e. The maximum atomic E-state index is 3.72. The average molecular weight is 255 g/mol. The van der Waals surface area contributed by atoms with Gasteiger partial charge in [0.2, 0.25) is 0 Å². The molecule has 0 bridgehead atoms. The summed E-state index contributed by atoms with van der Waals surface area (Å²) in [5, 5.41) is 4.67. The predicted molar refractivity (Wildman–Crippen MR) is 78.8 cm³/mol. The molecule has 2 rings (SSSR count). The Bertz CT molecular complexity index is 201. The van der Waals surface area contributed by atoms with E-state index in [2.05, 4.69) is 24.0 Å². The van der Waals surface area contributed by atoms with Gasteiger partial charge in [0.15, 0.2) is 0 Å². The molecule has 2 atom stereocenters. The van der Waals surface area contributed by atoms with Crippen LogP contribution in [0.15, 0.2) is 0 Å². The van der Waals surface area contributed by atoms with E-state index in [4.69, 9.17) is 0 Å². The SMILES string of the molecule is CCCNC1CCCC(SCC2CCCC2)C1. The fraction of sp³-hybridized carbons (Fsp3) is 1.00. The van der Waals surface area contributed by atoms with E-state index in [1.165, 1.54) is 70.1 Å². The minimum absolute atomic E-state index is 0.824. The fourth-order valence-corrected chi connectivity index (χ4v) is 4.86. The van der Waals surface area contributed by atoms with Crippen molar-refractivity contribution in [3.8, 4) is 0 Å². The summed E-state index contributed by atoms with van der Waals surface area (Å²) in [6.07, 6.45) is 13.1. The molecule has 1 nitrogen and oxygen atoms in total. The van der Waals surface area contributed by atoms with Crippen LogP contribution in [0.3, 0.4) is 0 Å². The standard InChI is InChI=1S/C15H29NS/c1-2-10-16-14-8-5-9-15(11-14)17-12-13-6-3-4-7-13/h13-16H,2-12H2,1H3. The number of hydrogen-bond acceptors (Lipinski definition) is 2. The molecule has 2 fully saturated rings. The molecule has 0 aromatic carbocycles. The first-order valence-electron chi connectivity index (χ1n) is 7.73. The van der Waals surface area contributed by atoms with Crippen molar-refractivity contribution in [1.82, 2.24) is 5.32 Å². The van der Waals surface area contributed by atoms with Gasteiger partial charge in [-0.25, -0.2) is 0 Å². The van der Waals surface area contributed by atoms with Gasteiger partial charge in [0.1, 0.15) is 0 Å². The Morgan fingerprint density at radius 3 is 2.65 bits per heavy atom. The normalized spacial score (nSPS) is 30.9. The Morgan fingerprint density at radius 1 is 1.06 bits per heavy atom. The first-order valence-corrected chi connectivity index (χ1v) is 8.78. The van der Waals surface area contributed by atoms with Crippen molar-refractivity contribution in [3.05, 3.63) is 0 Å². The molecule has 0 radical (unpaired) electrons. The van der Waals surface area contributed by atoms with Gasteiger partial charge in [-0.3, -0.25) is 0 Å². The van der Waals surface area contributed by atoms with Crippen LogP contribution in [0, 0.1) is 5.92 Å². The third-order valence-corrected chi connectivity index (χ3v) is 5.91. The van der Waals surface area contributed by atoms with Gasteiger partial charge in [-0.1, -0.05) is 26.2 Å². The molecule has 0 aliphatic heterocycles. The van der Waals surface area contributed by atoms with E-state index >= 15 is 0 Å². The molecule has 0 aromatic rings.